The molecule has 1 fully saturated rings. The van der Waals surface area contributed by atoms with E-state index in [2.05, 4.69) is 23.6 Å². The minimum atomic E-state index is 1.00. The second-order valence-corrected chi connectivity index (χ2v) is 4.69. The third-order valence-electron chi connectivity index (χ3n) is 3.49. The first-order valence-corrected chi connectivity index (χ1v) is 7.26. The van der Waals surface area contributed by atoms with Crippen LogP contribution < -0.4 is 0 Å². The monoisotopic (exact) mass is 244 g/mol. The minimum absolute atomic E-state index is 1.00. The molecule has 3 heteroatoms. The Morgan fingerprint density at radius 1 is 0.765 bits per heavy atom. The molecule has 0 aromatic heterocycles. The summed E-state index contributed by atoms with van der Waals surface area (Å²) in [6, 6.07) is 0. The molecule has 0 saturated carbocycles. The summed E-state index contributed by atoms with van der Waals surface area (Å²) in [5, 5.41) is 7.00. The average molecular weight is 244 g/mol. The Labute approximate surface area is 108 Å². The maximum atomic E-state index is 7.00. The van der Waals surface area contributed by atoms with Crippen molar-refractivity contribution in [1.29, 1.82) is 0 Å². The molecule has 1 N–H and O–H groups in total. The predicted octanol–water partition coefficient (Wildman–Crippen LogP) is 2.20. The predicted molar refractivity (Wildman–Crippen MR) is 75.5 cm³/mol. The molecule has 1 saturated heterocycles. The molecule has 1 aliphatic heterocycles. The van der Waals surface area contributed by atoms with Crippen molar-refractivity contribution in [2.45, 2.75) is 46.0 Å². The number of likely N-dealkylation sites (N-methyl/N-ethyl adjacent to an activating group) is 1. The highest BCUT2D eigenvalue weighted by Gasteiger charge is 2.14. The van der Waals surface area contributed by atoms with E-state index in [0.29, 0.717) is 0 Å². The molecule has 0 radical (unpaired) electrons. The molecule has 0 atom stereocenters. The molecule has 0 aromatic carbocycles. The van der Waals surface area contributed by atoms with Crippen LogP contribution in [0, 0.1) is 0 Å². The van der Waals surface area contributed by atoms with Gasteiger partial charge in [0.25, 0.3) is 0 Å². The van der Waals surface area contributed by atoms with Crippen LogP contribution in [0.5, 0.6) is 0 Å². The summed E-state index contributed by atoms with van der Waals surface area (Å²) >= 11 is 0. The van der Waals surface area contributed by atoms with E-state index in [-0.39, 0.29) is 0 Å². The van der Waals surface area contributed by atoms with Crippen molar-refractivity contribution in [3.8, 4) is 0 Å². The summed E-state index contributed by atoms with van der Waals surface area (Å²) in [7, 11) is 1.00. The largest absolute Gasteiger partial charge is 0.400 e. The average Bonchev–Trinajstić information content (AvgIpc) is 2.41. The summed E-state index contributed by atoms with van der Waals surface area (Å²) < 4.78 is 0. The quantitative estimate of drug-likeness (QED) is 0.696. The molecule has 0 amide bonds. The summed E-state index contributed by atoms with van der Waals surface area (Å²) in [5.41, 5.74) is 0. The van der Waals surface area contributed by atoms with E-state index in [0.717, 1.165) is 7.11 Å². The standard InChI is InChI=1S/C13H28N2.CH4O/c1-3-5-6-7-8-9-15-12-10-14(4-2)11-13-15;1-2/h3-13H2,1-2H3;2H,1H3. The SMILES string of the molecule is CCCCCCCN1CCN(CC)CC1.CO. The molecule has 1 rings (SSSR count). The van der Waals surface area contributed by atoms with Crippen molar-refractivity contribution in [2.24, 2.45) is 0 Å². The molecule has 0 aliphatic carbocycles. The number of rotatable bonds is 7. The van der Waals surface area contributed by atoms with Crippen molar-refractivity contribution < 1.29 is 5.11 Å². The van der Waals surface area contributed by atoms with Crippen LogP contribution in [-0.2, 0) is 0 Å². The molecule has 1 heterocycles. The van der Waals surface area contributed by atoms with E-state index in [9.17, 15) is 0 Å². The van der Waals surface area contributed by atoms with E-state index < -0.39 is 0 Å². The zero-order chi connectivity index (χ0) is 12.9. The second kappa shape index (κ2) is 12.3. The molecular formula is C14H32N2O. The zero-order valence-electron chi connectivity index (χ0n) is 12.1. The fourth-order valence-electron chi connectivity index (χ4n) is 2.27. The highest BCUT2D eigenvalue weighted by molar-refractivity contribution is 4.70. The van der Waals surface area contributed by atoms with Gasteiger partial charge in [-0.2, -0.15) is 0 Å². The van der Waals surface area contributed by atoms with Gasteiger partial charge in [0.15, 0.2) is 0 Å². The summed E-state index contributed by atoms with van der Waals surface area (Å²) in [6.07, 6.45) is 7.05. The fourth-order valence-corrected chi connectivity index (χ4v) is 2.27. The molecule has 104 valence electrons. The highest BCUT2D eigenvalue weighted by Crippen LogP contribution is 2.06. The van der Waals surface area contributed by atoms with Crippen LogP contribution in [0.4, 0.5) is 0 Å². The summed E-state index contributed by atoms with van der Waals surface area (Å²) in [6.45, 7) is 12.3. The Kier molecular flexibility index (Phi) is 12.3. The van der Waals surface area contributed by atoms with Crippen LogP contribution in [0.1, 0.15) is 46.0 Å². The van der Waals surface area contributed by atoms with Gasteiger partial charge in [-0.3, -0.25) is 0 Å². The number of hydrogen-bond donors (Lipinski definition) is 1. The zero-order valence-corrected chi connectivity index (χ0v) is 12.1. The number of nitrogens with zero attached hydrogens (tertiary/aromatic N) is 2. The van der Waals surface area contributed by atoms with Gasteiger partial charge in [0.1, 0.15) is 0 Å². The van der Waals surface area contributed by atoms with E-state index in [1.807, 2.05) is 0 Å². The lowest BCUT2D eigenvalue weighted by molar-refractivity contribution is 0.135. The van der Waals surface area contributed by atoms with Gasteiger partial charge in [0.2, 0.25) is 0 Å². The lowest BCUT2D eigenvalue weighted by atomic mass is 10.1. The molecular weight excluding hydrogens is 212 g/mol. The maximum absolute atomic E-state index is 7.00. The number of unbranched alkanes of at least 4 members (excludes halogenated alkanes) is 4. The van der Waals surface area contributed by atoms with E-state index in [1.54, 1.807) is 0 Å². The first-order valence-electron chi connectivity index (χ1n) is 7.26. The molecule has 0 spiro atoms. The van der Waals surface area contributed by atoms with Gasteiger partial charge in [-0.15, -0.1) is 0 Å². The lowest BCUT2D eigenvalue weighted by Crippen LogP contribution is -2.46. The smallest absolute Gasteiger partial charge is 0.0319 e. The van der Waals surface area contributed by atoms with E-state index >= 15 is 0 Å². The first kappa shape index (κ1) is 16.9. The summed E-state index contributed by atoms with van der Waals surface area (Å²) in [5.74, 6) is 0. The summed E-state index contributed by atoms with van der Waals surface area (Å²) in [4.78, 5) is 5.19. The van der Waals surface area contributed by atoms with Crippen LogP contribution in [0.3, 0.4) is 0 Å². The second-order valence-electron chi connectivity index (χ2n) is 4.69. The third kappa shape index (κ3) is 8.58. The Morgan fingerprint density at radius 3 is 1.82 bits per heavy atom. The van der Waals surface area contributed by atoms with Gasteiger partial charge in [0, 0.05) is 33.3 Å². The van der Waals surface area contributed by atoms with Crippen LogP contribution in [-0.4, -0.2) is 61.3 Å². The van der Waals surface area contributed by atoms with Crippen LogP contribution in [0.2, 0.25) is 0 Å². The molecule has 3 nitrogen and oxygen atoms in total. The molecule has 0 bridgehead atoms. The van der Waals surface area contributed by atoms with Crippen molar-refractivity contribution in [2.75, 3.05) is 46.4 Å². The normalized spacial score (nSPS) is 17.6. The van der Waals surface area contributed by atoms with Crippen LogP contribution >= 0.6 is 0 Å². The maximum Gasteiger partial charge on any atom is 0.0319 e. The minimum Gasteiger partial charge on any atom is -0.400 e. The lowest BCUT2D eigenvalue weighted by Gasteiger charge is -2.33. The Bertz CT molecular complexity index is 145. The van der Waals surface area contributed by atoms with Crippen molar-refractivity contribution >= 4 is 0 Å². The first-order chi connectivity index (χ1) is 8.36. The van der Waals surface area contributed by atoms with Gasteiger partial charge >= 0.3 is 0 Å². The van der Waals surface area contributed by atoms with Crippen LogP contribution in [0.25, 0.3) is 0 Å². The Morgan fingerprint density at radius 2 is 1.29 bits per heavy atom. The highest BCUT2D eigenvalue weighted by atomic mass is 16.2. The molecule has 1 aliphatic rings. The van der Waals surface area contributed by atoms with E-state index in [4.69, 9.17) is 5.11 Å². The van der Waals surface area contributed by atoms with Crippen molar-refractivity contribution in [3.63, 3.8) is 0 Å². The molecule has 17 heavy (non-hydrogen) atoms. The topological polar surface area (TPSA) is 26.7 Å². The number of piperazine rings is 1. The van der Waals surface area contributed by atoms with Gasteiger partial charge in [-0.25, -0.2) is 0 Å². The number of hydrogen-bond acceptors (Lipinski definition) is 3. The van der Waals surface area contributed by atoms with E-state index in [1.165, 1.54) is 71.4 Å². The Hall–Kier alpha value is -0.120. The van der Waals surface area contributed by atoms with Gasteiger partial charge in [-0.1, -0.05) is 39.5 Å². The fraction of sp³-hybridized carbons (Fsp3) is 1.00. The van der Waals surface area contributed by atoms with Crippen LogP contribution in [0.15, 0.2) is 0 Å². The number of aliphatic hydroxyl groups excluding tert-OH is 1. The van der Waals surface area contributed by atoms with Gasteiger partial charge in [0.05, 0.1) is 0 Å². The Balaban J connectivity index is 0.00000121. The van der Waals surface area contributed by atoms with Gasteiger partial charge < -0.3 is 14.9 Å². The third-order valence-corrected chi connectivity index (χ3v) is 3.49. The van der Waals surface area contributed by atoms with Crippen molar-refractivity contribution in [1.82, 2.24) is 9.80 Å². The number of aliphatic hydroxyl groups is 1. The molecule has 0 unspecified atom stereocenters. The molecule has 0 aromatic rings. The van der Waals surface area contributed by atoms with Crippen molar-refractivity contribution in [3.05, 3.63) is 0 Å². The van der Waals surface area contributed by atoms with Gasteiger partial charge in [-0.05, 0) is 19.5 Å².